The molecule has 0 saturated carbocycles. The quantitative estimate of drug-likeness (QED) is 0.173. The number of anilines is 3. The minimum atomic E-state index is -0.336. The highest BCUT2D eigenvalue weighted by molar-refractivity contribution is 5.99. The largest absolute Gasteiger partial charge is 0.449 e. The predicted molar refractivity (Wildman–Crippen MR) is 252 cm³/mol. The first-order chi connectivity index (χ1) is 30.7. The Morgan fingerprint density at radius 2 is 1.02 bits per heavy atom. The van der Waals surface area contributed by atoms with E-state index in [2.05, 4.69) is 229 Å². The second kappa shape index (κ2) is 13.6. The molecule has 1 spiro atoms. The molecule has 0 amide bonds. The number of fused-ring (bicyclic) bond motifs is 13. The summed E-state index contributed by atoms with van der Waals surface area (Å²) in [5.74, 6) is 3.40. The van der Waals surface area contributed by atoms with Gasteiger partial charge in [0, 0.05) is 29.0 Å². The molecule has 0 bridgehead atoms. The Hall–Kier alpha value is -7.88. The normalized spacial score (nSPS) is 18.2. The van der Waals surface area contributed by atoms with Crippen LogP contribution in [-0.2, 0) is 5.41 Å². The summed E-state index contributed by atoms with van der Waals surface area (Å²) in [5.41, 5.74) is 15.4. The van der Waals surface area contributed by atoms with E-state index in [1.54, 1.807) is 0 Å². The van der Waals surface area contributed by atoms with Crippen LogP contribution in [0.2, 0.25) is 0 Å². The molecule has 292 valence electrons. The molecule has 0 aromatic heterocycles. The molecule has 9 aromatic carbocycles. The van der Waals surface area contributed by atoms with Crippen molar-refractivity contribution in [3.63, 3.8) is 0 Å². The van der Waals surface area contributed by atoms with Crippen LogP contribution in [0.25, 0.3) is 44.2 Å². The Balaban J connectivity index is 0.897. The summed E-state index contributed by atoms with van der Waals surface area (Å²) in [7, 11) is 0. The van der Waals surface area contributed by atoms with Gasteiger partial charge in [0.05, 0.1) is 16.8 Å². The molecule has 13 rings (SSSR count). The van der Waals surface area contributed by atoms with Crippen LogP contribution in [0.15, 0.2) is 224 Å². The highest BCUT2D eigenvalue weighted by atomic mass is 16.6. The van der Waals surface area contributed by atoms with Gasteiger partial charge in [0.25, 0.3) is 0 Å². The van der Waals surface area contributed by atoms with Gasteiger partial charge in [-0.3, -0.25) is 0 Å². The van der Waals surface area contributed by atoms with Crippen molar-refractivity contribution in [1.29, 1.82) is 0 Å². The van der Waals surface area contributed by atoms with Gasteiger partial charge in [-0.15, -0.1) is 0 Å². The van der Waals surface area contributed by atoms with Crippen molar-refractivity contribution < 1.29 is 9.47 Å². The van der Waals surface area contributed by atoms with Gasteiger partial charge in [0.1, 0.15) is 0 Å². The lowest BCUT2D eigenvalue weighted by Gasteiger charge is -2.36. The third-order valence-corrected chi connectivity index (χ3v) is 13.6. The Bertz CT molecular complexity index is 3300. The number of hydrogen-bond acceptors (Lipinski definition) is 3. The summed E-state index contributed by atoms with van der Waals surface area (Å²) in [4.78, 5) is 2.33. The summed E-state index contributed by atoms with van der Waals surface area (Å²) < 4.78 is 13.8. The van der Waals surface area contributed by atoms with Crippen LogP contribution in [0.5, 0.6) is 23.0 Å². The lowest BCUT2D eigenvalue weighted by molar-refractivity contribution is 0.358. The maximum Gasteiger partial charge on any atom is 0.172 e. The number of benzene rings is 9. The molecule has 62 heavy (non-hydrogen) atoms. The molecular weight excluding hydrogens is 755 g/mol. The van der Waals surface area contributed by atoms with Crippen LogP contribution in [0.3, 0.4) is 0 Å². The summed E-state index contributed by atoms with van der Waals surface area (Å²) in [6.45, 7) is 0. The third-order valence-electron chi connectivity index (χ3n) is 13.6. The first-order valence-corrected chi connectivity index (χ1v) is 21.5. The van der Waals surface area contributed by atoms with E-state index < -0.39 is 0 Å². The highest BCUT2D eigenvalue weighted by Gasteiger charge is 2.57. The number of rotatable bonds is 5. The zero-order valence-corrected chi connectivity index (χ0v) is 33.8. The predicted octanol–water partition coefficient (Wildman–Crippen LogP) is 15.7. The summed E-state index contributed by atoms with van der Waals surface area (Å²) in [5, 5.41) is 2.34. The smallest absolute Gasteiger partial charge is 0.172 e. The molecule has 0 radical (unpaired) electrons. The zero-order chi connectivity index (χ0) is 40.8. The van der Waals surface area contributed by atoms with Crippen molar-refractivity contribution in [2.24, 2.45) is 5.92 Å². The minimum Gasteiger partial charge on any atom is -0.449 e. The first kappa shape index (κ1) is 34.9. The van der Waals surface area contributed by atoms with Gasteiger partial charge >= 0.3 is 0 Å². The van der Waals surface area contributed by atoms with E-state index in [0.29, 0.717) is 17.4 Å². The number of allylic oxidation sites excluding steroid dienone is 4. The fourth-order valence-corrected chi connectivity index (χ4v) is 10.9. The maximum absolute atomic E-state index is 6.94. The topological polar surface area (TPSA) is 21.7 Å². The van der Waals surface area contributed by atoms with E-state index in [0.717, 1.165) is 39.5 Å². The Morgan fingerprint density at radius 3 is 1.85 bits per heavy atom. The molecule has 1 heterocycles. The van der Waals surface area contributed by atoms with Crippen LogP contribution in [0, 0.1) is 5.92 Å². The van der Waals surface area contributed by atoms with Crippen molar-refractivity contribution in [3.05, 3.63) is 247 Å². The van der Waals surface area contributed by atoms with E-state index in [9.17, 15) is 0 Å². The molecule has 3 heteroatoms. The standard InChI is InChI=1S/C59H39NO2/c1-2-13-38(14-3-1)39-25-27-40(28-26-39)41-29-31-43(32-30-41)60(54-24-12-16-42-15-4-5-17-45(42)54)44-33-34-55-56(35-44)62-57-36-49-48-20-8-11-23-52(48)59(53(49)37-58(57)61-55)50-21-9-6-18-46(50)47-19-7-10-22-51(47)59/h1-37,46,50H/t46-,50?,59?/m1/s1. The lowest BCUT2D eigenvalue weighted by atomic mass is 9.65. The molecule has 3 nitrogen and oxygen atoms in total. The van der Waals surface area contributed by atoms with Crippen molar-refractivity contribution >= 4 is 27.8 Å². The molecule has 3 atom stereocenters. The van der Waals surface area contributed by atoms with Crippen molar-refractivity contribution in [2.75, 3.05) is 4.90 Å². The van der Waals surface area contributed by atoms with Crippen LogP contribution in [0.1, 0.15) is 28.2 Å². The Labute approximate surface area is 361 Å². The van der Waals surface area contributed by atoms with Gasteiger partial charge < -0.3 is 14.4 Å². The lowest BCUT2D eigenvalue weighted by Crippen LogP contribution is -2.33. The van der Waals surface area contributed by atoms with Gasteiger partial charge in [-0.1, -0.05) is 176 Å². The Kier molecular flexibility index (Phi) is 7.65. The molecule has 2 unspecified atom stereocenters. The highest BCUT2D eigenvalue weighted by Crippen LogP contribution is 2.66. The van der Waals surface area contributed by atoms with E-state index in [1.807, 2.05) is 0 Å². The SMILES string of the molecule is C1=CC2[C@H](C=C1)c1ccccc1C21c2ccccc2-c2cc3c(cc21)Oc1ccc(N(c2ccc(-c4ccc(-c5ccccc5)cc4)cc2)c2cccc4ccccc24)cc1O3. The average molecular weight is 794 g/mol. The second-order valence-corrected chi connectivity index (χ2v) is 16.8. The molecule has 0 N–H and O–H groups in total. The maximum atomic E-state index is 6.94. The van der Waals surface area contributed by atoms with Crippen LogP contribution in [0.4, 0.5) is 17.1 Å². The average Bonchev–Trinajstić information content (AvgIpc) is 3.80. The van der Waals surface area contributed by atoms with E-state index in [-0.39, 0.29) is 11.3 Å². The second-order valence-electron chi connectivity index (χ2n) is 16.8. The first-order valence-electron chi connectivity index (χ1n) is 21.5. The third kappa shape index (κ3) is 5.12. The molecule has 4 aliphatic rings. The molecular formula is C59H39NO2. The van der Waals surface area contributed by atoms with Crippen molar-refractivity contribution in [2.45, 2.75) is 11.3 Å². The zero-order valence-electron chi connectivity index (χ0n) is 33.8. The number of ether oxygens (including phenoxy) is 2. The van der Waals surface area contributed by atoms with E-state index >= 15 is 0 Å². The van der Waals surface area contributed by atoms with Gasteiger partial charge in [-0.25, -0.2) is 0 Å². The van der Waals surface area contributed by atoms with E-state index in [4.69, 9.17) is 9.47 Å². The van der Waals surface area contributed by atoms with Gasteiger partial charge in [0.2, 0.25) is 0 Å². The Morgan fingerprint density at radius 1 is 0.403 bits per heavy atom. The summed E-state index contributed by atoms with van der Waals surface area (Å²) in [6, 6.07) is 72.1. The van der Waals surface area contributed by atoms with Crippen LogP contribution < -0.4 is 14.4 Å². The summed E-state index contributed by atoms with van der Waals surface area (Å²) in [6.07, 6.45) is 9.23. The minimum absolute atomic E-state index is 0.249. The van der Waals surface area contributed by atoms with Gasteiger partial charge in [-0.05, 0) is 103 Å². The molecule has 9 aromatic rings. The van der Waals surface area contributed by atoms with Crippen molar-refractivity contribution in [3.8, 4) is 56.4 Å². The molecule has 1 aliphatic heterocycles. The molecule has 0 saturated heterocycles. The van der Waals surface area contributed by atoms with Gasteiger partial charge in [0.15, 0.2) is 23.0 Å². The van der Waals surface area contributed by atoms with Gasteiger partial charge in [-0.2, -0.15) is 0 Å². The number of hydrogen-bond donors (Lipinski definition) is 0. The van der Waals surface area contributed by atoms with E-state index in [1.165, 1.54) is 55.5 Å². The summed E-state index contributed by atoms with van der Waals surface area (Å²) >= 11 is 0. The number of nitrogens with zero attached hydrogens (tertiary/aromatic N) is 1. The fourth-order valence-electron chi connectivity index (χ4n) is 10.9. The molecule has 3 aliphatic carbocycles. The van der Waals surface area contributed by atoms with Crippen molar-refractivity contribution in [1.82, 2.24) is 0 Å². The van der Waals surface area contributed by atoms with Crippen LogP contribution >= 0.6 is 0 Å². The molecule has 0 fully saturated rings. The monoisotopic (exact) mass is 793 g/mol. The fraction of sp³-hybridized carbons (Fsp3) is 0.0508. The van der Waals surface area contributed by atoms with Crippen LogP contribution in [-0.4, -0.2) is 0 Å².